The maximum Gasteiger partial charge on any atom is 0.261 e. The molecule has 0 bridgehead atoms. The third-order valence-electron chi connectivity index (χ3n) is 5.33. The Labute approximate surface area is 173 Å². The van der Waals surface area contributed by atoms with Gasteiger partial charge in [-0.25, -0.2) is 4.99 Å². The Bertz CT molecular complexity index is 932. The van der Waals surface area contributed by atoms with Crippen LogP contribution in [0.1, 0.15) is 31.2 Å². The molecular formula is C21H23N3O4S. The fourth-order valence-corrected chi connectivity index (χ4v) is 4.83. The highest BCUT2D eigenvalue weighted by molar-refractivity contribution is 8.17. The second kappa shape index (κ2) is 8.41. The Hall–Kier alpha value is -2.61. The number of fused-ring (bicyclic) bond motifs is 1. The van der Waals surface area contributed by atoms with E-state index in [-0.39, 0.29) is 18.2 Å². The average Bonchev–Trinajstić information content (AvgIpc) is 3.18. The van der Waals surface area contributed by atoms with E-state index < -0.39 is 5.92 Å². The minimum absolute atomic E-state index is 0.00452. The number of carbonyl (C=O) groups excluding carboxylic acids is 2. The summed E-state index contributed by atoms with van der Waals surface area (Å²) >= 11 is 1.41. The second-order valence-electron chi connectivity index (χ2n) is 7.13. The van der Waals surface area contributed by atoms with E-state index in [2.05, 4.69) is 9.98 Å². The number of benzene rings is 1. The van der Waals surface area contributed by atoms with Crippen molar-refractivity contribution in [3.05, 3.63) is 29.2 Å². The topological polar surface area (TPSA) is 80.6 Å². The van der Waals surface area contributed by atoms with Crippen molar-refractivity contribution in [3.8, 4) is 11.5 Å². The van der Waals surface area contributed by atoms with Crippen LogP contribution in [0.5, 0.6) is 11.5 Å². The zero-order chi connectivity index (χ0) is 20.4. The van der Waals surface area contributed by atoms with E-state index in [1.807, 2.05) is 28.5 Å². The lowest BCUT2D eigenvalue weighted by Gasteiger charge is -2.27. The molecule has 1 fully saturated rings. The number of amidine groups is 1. The lowest BCUT2D eigenvalue weighted by molar-refractivity contribution is -0.130. The smallest absolute Gasteiger partial charge is 0.261 e. The van der Waals surface area contributed by atoms with Gasteiger partial charge in [-0.15, -0.1) is 0 Å². The summed E-state index contributed by atoms with van der Waals surface area (Å²) in [6.45, 7) is 1.55. The summed E-state index contributed by atoms with van der Waals surface area (Å²) in [5, 5.41) is 2.60. The standard InChI is InChI=1S/C21H23N3O4S/c1-27-15-7-6-13(10-16(15)28-2)14-12-29-21-19(14)20(26)22-17(23-21)11-18(25)24-8-4-3-5-9-24/h6-7,10,12,19H,3-5,8-9,11H2,1-2H3. The van der Waals surface area contributed by atoms with Crippen LogP contribution in [0.4, 0.5) is 0 Å². The fraction of sp³-hybridized carbons (Fsp3) is 0.429. The van der Waals surface area contributed by atoms with Gasteiger partial charge in [0.05, 0.1) is 25.7 Å². The summed E-state index contributed by atoms with van der Waals surface area (Å²) in [5.41, 5.74) is 1.70. The van der Waals surface area contributed by atoms with Crippen molar-refractivity contribution >= 4 is 40.0 Å². The lowest BCUT2D eigenvalue weighted by Crippen LogP contribution is -2.37. The van der Waals surface area contributed by atoms with Gasteiger partial charge in [-0.1, -0.05) is 17.8 Å². The number of nitrogens with zero attached hydrogens (tertiary/aromatic N) is 3. The van der Waals surface area contributed by atoms with Crippen molar-refractivity contribution in [1.29, 1.82) is 0 Å². The number of hydrogen-bond acceptors (Lipinski definition) is 6. The number of piperidine rings is 1. The van der Waals surface area contributed by atoms with Gasteiger partial charge in [0.1, 0.15) is 11.8 Å². The van der Waals surface area contributed by atoms with E-state index in [1.165, 1.54) is 11.8 Å². The molecule has 1 atom stereocenters. The first-order valence-corrected chi connectivity index (χ1v) is 10.6. The maximum atomic E-state index is 12.8. The van der Waals surface area contributed by atoms with E-state index in [9.17, 15) is 9.59 Å². The van der Waals surface area contributed by atoms with Gasteiger partial charge in [-0.2, -0.15) is 4.99 Å². The van der Waals surface area contributed by atoms with Crippen LogP contribution < -0.4 is 9.47 Å². The zero-order valence-corrected chi connectivity index (χ0v) is 17.3. The molecule has 3 aliphatic heterocycles. The quantitative estimate of drug-likeness (QED) is 0.741. The van der Waals surface area contributed by atoms with Gasteiger partial charge in [-0.05, 0) is 47.9 Å². The SMILES string of the molecule is COc1ccc(C2=CSC3=NC(CC(=O)N4CCCCC4)=NC(=O)C23)cc1OC. The first-order chi connectivity index (χ1) is 14.1. The summed E-state index contributed by atoms with van der Waals surface area (Å²) in [7, 11) is 3.16. The van der Waals surface area contributed by atoms with Crippen LogP contribution in [0.3, 0.4) is 0 Å². The number of likely N-dealkylation sites (tertiary alicyclic amines) is 1. The van der Waals surface area contributed by atoms with Crippen molar-refractivity contribution in [2.45, 2.75) is 25.7 Å². The monoisotopic (exact) mass is 413 g/mol. The average molecular weight is 413 g/mol. The normalized spacial score (nSPS) is 21.2. The van der Waals surface area contributed by atoms with Crippen LogP contribution in [0.2, 0.25) is 0 Å². The number of carbonyl (C=O) groups is 2. The summed E-state index contributed by atoms with van der Waals surface area (Å²) in [6.07, 6.45) is 3.30. The first-order valence-electron chi connectivity index (χ1n) is 9.67. The fourth-order valence-electron chi connectivity index (χ4n) is 3.79. The Balaban J connectivity index is 1.51. The van der Waals surface area contributed by atoms with Crippen LogP contribution in [-0.2, 0) is 9.59 Å². The highest BCUT2D eigenvalue weighted by atomic mass is 32.2. The van der Waals surface area contributed by atoms with Gasteiger partial charge in [0.15, 0.2) is 11.5 Å². The third-order valence-corrected chi connectivity index (χ3v) is 6.27. The van der Waals surface area contributed by atoms with Crippen LogP contribution in [0, 0.1) is 5.92 Å². The molecule has 1 unspecified atom stereocenters. The predicted molar refractivity (Wildman–Crippen MR) is 114 cm³/mol. The molecule has 0 saturated carbocycles. The molecule has 1 saturated heterocycles. The summed E-state index contributed by atoms with van der Waals surface area (Å²) < 4.78 is 10.7. The highest BCUT2D eigenvalue weighted by Gasteiger charge is 2.37. The van der Waals surface area contributed by atoms with Gasteiger partial charge >= 0.3 is 0 Å². The van der Waals surface area contributed by atoms with E-state index in [0.717, 1.165) is 43.5 Å². The zero-order valence-electron chi connectivity index (χ0n) is 16.5. The minimum atomic E-state index is -0.521. The molecule has 0 radical (unpaired) electrons. The van der Waals surface area contributed by atoms with Gasteiger partial charge in [-0.3, -0.25) is 9.59 Å². The number of rotatable bonds is 5. The van der Waals surface area contributed by atoms with Gasteiger partial charge in [0, 0.05) is 13.1 Å². The molecule has 1 aromatic carbocycles. The molecular weight excluding hydrogens is 390 g/mol. The van der Waals surface area contributed by atoms with E-state index >= 15 is 0 Å². The summed E-state index contributed by atoms with van der Waals surface area (Å²) in [5.74, 6) is 0.736. The Morgan fingerprint density at radius 1 is 1.14 bits per heavy atom. The number of aliphatic imine (C=N–C) groups is 2. The van der Waals surface area contributed by atoms with E-state index in [0.29, 0.717) is 22.4 Å². The molecule has 4 rings (SSSR count). The van der Waals surface area contributed by atoms with Crippen molar-refractivity contribution in [2.75, 3.05) is 27.3 Å². The molecule has 7 nitrogen and oxygen atoms in total. The third kappa shape index (κ3) is 3.94. The van der Waals surface area contributed by atoms with E-state index in [1.54, 1.807) is 14.2 Å². The van der Waals surface area contributed by atoms with Crippen molar-refractivity contribution in [3.63, 3.8) is 0 Å². The molecule has 3 aliphatic rings. The number of ether oxygens (including phenoxy) is 2. The molecule has 152 valence electrons. The molecule has 2 amide bonds. The minimum Gasteiger partial charge on any atom is -0.493 e. The van der Waals surface area contributed by atoms with Gasteiger partial charge in [0.25, 0.3) is 5.91 Å². The molecule has 3 heterocycles. The highest BCUT2D eigenvalue weighted by Crippen LogP contribution is 2.42. The molecule has 0 spiro atoms. The summed E-state index contributed by atoms with van der Waals surface area (Å²) in [6, 6.07) is 5.55. The largest absolute Gasteiger partial charge is 0.493 e. The number of amides is 2. The van der Waals surface area contributed by atoms with Crippen LogP contribution in [0.25, 0.3) is 5.57 Å². The molecule has 1 aromatic rings. The maximum absolute atomic E-state index is 12.8. The van der Waals surface area contributed by atoms with Gasteiger partial charge < -0.3 is 14.4 Å². The van der Waals surface area contributed by atoms with Crippen molar-refractivity contribution < 1.29 is 19.1 Å². The number of hydrogen-bond donors (Lipinski definition) is 0. The molecule has 8 heteroatoms. The molecule has 29 heavy (non-hydrogen) atoms. The molecule has 0 N–H and O–H groups in total. The Morgan fingerprint density at radius 3 is 2.62 bits per heavy atom. The molecule has 0 aromatic heterocycles. The Kier molecular flexibility index (Phi) is 5.71. The number of thioether (sulfide) groups is 1. The predicted octanol–water partition coefficient (Wildman–Crippen LogP) is 3.15. The van der Waals surface area contributed by atoms with E-state index in [4.69, 9.17) is 9.47 Å². The summed E-state index contributed by atoms with van der Waals surface area (Å²) in [4.78, 5) is 35.8. The van der Waals surface area contributed by atoms with Crippen LogP contribution in [0.15, 0.2) is 33.6 Å². The van der Waals surface area contributed by atoms with Crippen molar-refractivity contribution in [1.82, 2.24) is 4.90 Å². The lowest BCUT2D eigenvalue weighted by atomic mass is 9.93. The number of methoxy groups -OCH3 is 2. The van der Waals surface area contributed by atoms with Crippen LogP contribution in [-0.4, -0.2) is 54.9 Å². The van der Waals surface area contributed by atoms with Gasteiger partial charge in [0.2, 0.25) is 5.91 Å². The molecule has 0 aliphatic carbocycles. The van der Waals surface area contributed by atoms with Crippen molar-refractivity contribution in [2.24, 2.45) is 15.9 Å². The Morgan fingerprint density at radius 2 is 1.90 bits per heavy atom. The first kappa shape index (κ1) is 19.7. The van der Waals surface area contributed by atoms with Crippen LogP contribution >= 0.6 is 11.8 Å². The second-order valence-corrected chi connectivity index (χ2v) is 8.02.